The van der Waals surface area contributed by atoms with Gasteiger partial charge in [-0.1, -0.05) is 19.1 Å². The van der Waals surface area contributed by atoms with Gasteiger partial charge in [-0.15, -0.1) is 0 Å². The summed E-state index contributed by atoms with van der Waals surface area (Å²) in [4.78, 5) is 17.5. The second kappa shape index (κ2) is 7.58. The molecule has 0 radical (unpaired) electrons. The van der Waals surface area contributed by atoms with Crippen molar-refractivity contribution in [2.24, 2.45) is 4.99 Å². The second-order valence-corrected chi connectivity index (χ2v) is 7.89. The van der Waals surface area contributed by atoms with Crippen LogP contribution < -0.4 is 4.90 Å². The first-order valence-corrected chi connectivity index (χ1v) is 9.63. The van der Waals surface area contributed by atoms with E-state index in [2.05, 4.69) is 62.7 Å². The van der Waals surface area contributed by atoms with Crippen LogP contribution in [0.4, 0.5) is 17.1 Å². The average Bonchev–Trinajstić information content (AvgIpc) is 2.63. The fourth-order valence-corrected chi connectivity index (χ4v) is 3.85. The first kappa shape index (κ1) is 19.8. The van der Waals surface area contributed by atoms with Crippen molar-refractivity contribution in [3.63, 3.8) is 0 Å². The zero-order valence-electron chi connectivity index (χ0n) is 17.2. The molecular formula is C23H27N3O2. The molecule has 0 spiro atoms. The molecule has 0 aliphatic carbocycles. The number of benzene rings is 2. The van der Waals surface area contributed by atoms with Crippen LogP contribution in [0.2, 0.25) is 0 Å². The van der Waals surface area contributed by atoms with Crippen LogP contribution in [-0.4, -0.2) is 23.2 Å². The van der Waals surface area contributed by atoms with E-state index < -0.39 is 4.92 Å². The molecule has 28 heavy (non-hydrogen) atoms. The van der Waals surface area contributed by atoms with Crippen LogP contribution in [0.5, 0.6) is 0 Å². The maximum absolute atomic E-state index is 11.0. The molecule has 5 nitrogen and oxygen atoms in total. The van der Waals surface area contributed by atoms with E-state index in [1.165, 1.54) is 29.0 Å². The van der Waals surface area contributed by atoms with Crippen molar-refractivity contribution in [1.29, 1.82) is 0 Å². The molecule has 2 aromatic carbocycles. The van der Waals surface area contributed by atoms with Crippen molar-refractivity contribution in [2.45, 2.75) is 46.6 Å². The van der Waals surface area contributed by atoms with E-state index in [1.54, 1.807) is 18.3 Å². The number of nitrogens with zero attached hydrogens (tertiary/aromatic N) is 3. The molecule has 1 heterocycles. The van der Waals surface area contributed by atoms with Gasteiger partial charge in [0.2, 0.25) is 0 Å². The van der Waals surface area contributed by atoms with Crippen LogP contribution in [-0.2, 0) is 0 Å². The fraction of sp³-hybridized carbons (Fsp3) is 0.348. The van der Waals surface area contributed by atoms with Crippen LogP contribution in [0.25, 0.3) is 5.57 Å². The summed E-state index contributed by atoms with van der Waals surface area (Å²) in [5.74, 6) is 0. The molecule has 0 N–H and O–H groups in total. The minimum Gasteiger partial charge on any atom is -0.362 e. The standard InChI is InChI=1S/C23H27N3O2/c1-6-10-25-22-11-16(2)18(12-21(22)17(3)14-23(25,4)5)15-24-19-8-7-9-20(13-19)26(27)28/h7-9,11-15H,6,10H2,1-5H3. The lowest BCUT2D eigenvalue weighted by Gasteiger charge is -2.43. The van der Waals surface area contributed by atoms with Gasteiger partial charge in [0.25, 0.3) is 5.69 Å². The number of nitro benzene ring substituents is 1. The highest BCUT2D eigenvalue weighted by Gasteiger charge is 2.31. The molecule has 0 aromatic heterocycles. The molecule has 0 fully saturated rings. The number of nitro groups is 1. The maximum Gasteiger partial charge on any atom is 0.271 e. The molecule has 2 aromatic rings. The summed E-state index contributed by atoms with van der Waals surface area (Å²) >= 11 is 0. The predicted octanol–water partition coefficient (Wildman–Crippen LogP) is 6.07. The average molecular weight is 377 g/mol. The second-order valence-electron chi connectivity index (χ2n) is 7.89. The Morgan fingerprint density at radius 3 is 2.64 bits per heavy atom. The number of fused-ring (bicyclic) bond motifs is 1. The highest BCUT2D eigenvalue weighted by Crippen LogP contribution is 2.40. The van der Waals surface area contributed by atoms with Crippen molar-refractivity contribution in [2.75, 3.05) is 11.4 Å². The number of allylic oxidation sites excluding steroid dienone is 1. The van der Waals surface area contributed by atoms with E-state index >= 15 is 0 Å². The van der Waals surface area contributed by atoms with Gasteiger partial charge >= 0.3 is 0 Å². The topological polar surface area (TPSA) is 58.7 Å². The molecule has 0 atom stereocenters. The summed E-state index contributed by atoms with van der Waals surface area (Å²) < 4.78 is 0. The summed E-state index contributed by atoms with van der Waals surface area (Å²) in [5.41, 5.74) is 6.51. The minimum atomic E-state index is -0.401. The van der Waals surface area contributed by atoms with Gasteiger partial charge in [0, 0.05) is 36.1 Å². The van der Waals surface area contributed by atoms with Crippen LogP contribution in [0.1, 0.15) is 50.8 Å². The quantitative estimate of drug-likeness (QED) is 0.361. The Hall–Kier alpha value is -2.95. The predicted molar refractivity (Wildman–Crippen MR) is 117 cm³/mol. The Balaban J connectivity index is 2.01. The maximum atomic E-state index is 11.0. The molecule has 0 bridgehead atoms. The summed E-state index contributed by atoms with van der Waals surface area (Å²) in [7, 11) is 0. The molecular weight excluding hydrogens is 350 g/mol. The first-order valence-electron chi connectivity index (χ1n) is 9.63. The van der Waals surface area contributed by atoms with Crippen molar-refractivity contribution in [3.05, 3.63) is 69.3 Å². The third-order valence-electron chi connectivity index (χ3n) is 5.21. The highest BCUT2D eigenvalue weighted by atomic mass is 16.6. The van der Waals surface area contributed by atoms with Gasteiger partial charge in [-0.25, -0.2) is 0 Å². The van der Waals surface area contributed by atoms with Crippen LogP contribution >= 0.6 is 0 Å². The van der Waals surface area contributed by atoms with Gasteiger partial charge in [-0.05, 0) is 69.0 Å². The van der Waals surface area contributed by atoms with Crippen LogP contribution in [0.15, 0.2) is 47.5 Å². The third-order valence-corrected chi connectivity index (χ3v) is 5.21. The normalized spacial score (nSPS) is 15.5. The van der Waals surface area contributed by atoms with Gasteiger partial charge in [0.15, 0.2) is 0 Å². The van der Waals surface area contributed by atoms with Gasteiger partial charge in [0.1, 0.15) is 0 Å². The lowest BCUT2D eigenvalue weighted by atomic mass is 9.87. The van der Waals surface area contributed by atoms with Crippen molar-refractivity contribution >= 4 is 28.8 Å². The van der Waals surface area contributed by atoms with Crippen molar-refractivity contribution < 1.29 is 4.92 Å². The third kappa shape index (κ3) is 3.84. The SMILES string of the molecule is CCCN1c2cc(C)c(C=Nc3cccc([N+](=O)[O-])c3)cc2C(C)=CC1(C)C. The smallest absolute Gasteiger partial charge is 0.271 e. The van der Waals surface area contributed by atoms with Crippen molar-refractivity contribution in [1.82, 2.24) is 0 Å². The molecule has 1 aliphatic heterocycles. The Kier molecular flexibility index (Phi) is 5.36. The zero-order valence-corrected chi connectivity index (χ0v) is 17.2. The van der Waals surface area contributed by atoms with Gasteiger partial charge in [-0.3, -0.25) is 15.1 Å². The Bertz CT molecular complexity index is 974. The van der Waals surface area contributed by atoms with E-state index in [0.29, 0.717) is 5.69 Å². The van der Waals surface area contributed by atoms with E-state index in [-0.39, 0.29) is 11.2 Å². The molecule has 0 saturated heterocycles. The number of hydrogen-bond acceptors (Lipinski definition) is 4. The molecule has 0 saturated carbocycles. The minimum absolute atomic E-state index is 0.0158. The fourth-order valence-electron chi connectivity index (χ4n) is 3.85. The van der Waals surface area contributed by atoms with E-state index in [0.717, 1.165) is 24.1 Å². The summed E-state index contributed by atoms with van der Waals surface area (Å²) in [6.07, 6.45) is 5.21. The van der Waals surface area contributed by atoms with Gasteiger partial charge < -0.3 is 4.90 Å². The summed E-state index contributed by atoms with van der Waals surface area (Å²) in [6.45, 7) is 11.9. The lowest BCUT2D eigenvalue weighted by Crippen LogP contribution is -2.45. The Morgan fingerprint density at radius 2 is 1.96 bits per heavy atom. The largest absolute Gasteiger partial charge is 0.362 e. The highest BCUT2D eigenvalue weighted by molar-refractivity contribution is 5.90. The van der Waals surface area contributed by atoms with E-state index in [9.17, 15) is 10.1 Å². The molecule has 5 heteroatoms. The van der Waals surface area contributed by atoms with E-state index in [4.69, 9.17) is 0 Å². The Morgan fingerprint density at radius 1 is 1.21 bits per heavy atom. The first-order chi connectivity index (χ1) is 13.2. The molecule has 3 rings (SSSR count). The molecule has 1 aliphatic rings. The summed E-state index contributed by atoms with van der Waals surface area (Å²) in [6, 6.07) is 10.8. The summed E-state index contributed by atoms with van der Waals surface area (Å²) in [5, 5.41) is 11.0. The Labute approximate surface area is 166 Å². The molecule has 0 unspecified atom stereocenters. The van der Waals surface area contributed by atoms with E-state index in [1.807, 2.05) is 0 Å². The number of anilines is 1. The van der Waals surface area contributed by atoms with Crippen LogP contribution in [0, 0.1) is 17.0 Å². The van der Waals surface area contributed by atoms with Crippen molar-refractivity contribution in [3.8, 4) is 0 Å². The van der Waals surface area contributed by atoms with Gasteiger partial charge in [-0.2, -0.15) is 0 Å². The molecule has 0 amide bonds. The number of aliphatic imine (C=N–C) groups is 1. The number of aryl methyl sites for hydroxylation is 1. The molecule has 146 valence electrons. The zero-order chi connectivity index (χ0) is 20.5. The number of rotatable bonds is 5. The van der Waals surface area contributed by atoms with Crippen LogP contribution in [0.3, 0.4) is 0 Å². The monoisotopic (exact) mass is 377 g/mol. The number of hydrogen-bond donors (Lipinski definition) is 0. The number of non-ortho nitro benzene ring substituents is 1. The van der Waals surface area contributed by atoms with Gasteiger partial charge in [0.05, 0.1) is 16.1 Å². The lowest BCUT2D eigenvalue weighted by molar-refractivity contribution is -0.384.